The molecule has 1 aliphatic carbocycles. The molecular weight excluding hydrogens is 431 g/mol. The van der Waals surface area contributed by atoms with E-state index in [4.69, 9.17) is 9.47 Å². The normalized spacial score (nSPS) is 27.3. The second kappa shape index (κ2) is 11.6. The summed E-state index contributed by atoms with van der Waals surface area (Å²) in [7, 11) is 1.84. The van der Waals surface area contributed by atoms with Crippen LogP contribution in [0, 0.1) is 5.92 Å². The van der Waals surface area contributed by atoms with Gasteiger partial charge in [-0.15, -0.1) is 24.0 Å². The van der Waals surface area contributed by atoms with Crippen LogP contribution in [0.25, 0.3) is 0 Å². The van der Waals surface area contributed by atoms with Crippen LogP contribution in [0.5, 0.6) is 0 Å². The molecule has 0 radical (unpaired) electrons. The summed E-state index contributed by atoms with van der Waals surface area (Å²) in [5.41, 5.74) is 0. The molecule has 2 saturated heterocycles. The number of halogens is 1. The van der Waals surface area contributed by atoms with Crippen LogP contribution in [-0.4, -0.2) is 76.1 Å². The number of nitrogens with zero attached hydrogens (tertiary/aromatic N) is 2. The van der Waals surface area contributed by atoms with Gasteiger partial charge in [-0.1, -0.05) is 0 Å². The van der Waals surface area contributed by atoms with E-state index < -0.39 is 0 Å². The topological polar surface area (TPSA) is 58.1 Å². The van der Waals surface area contributed by atoms with Crippen LogP contribution in [0.2, 0.25) is 0 Å². The summed E-state index contributed by atoms with van der Waals surface area (Å²) in [4.78, 5) is 6.98. The number of likely N-dealkylation sites (tertiary alicyclic amines) is 1. The first-order chi connectivity index (χ1) is 11.8. The quantitative estimate of drug-likeness (QED) is 0.235. The Morgan fingerprint density at radius 1 is 1.24 bits per heavy atom. The van der Waals surface area contributed by atoms with Gasteiger partial charge in [0, 0.05) is 45.9 Å². The average molecular weight is 466 g/mol. The molecular formula is C18H35IN4O2. The summed E-state index contributed by atoms with van der Waals surface area (Å²) >= 11 is 0. The minimum atomic E-state index is 0. The molecule has 1 saturated carbocycles. The number of nitrogens with one attached hydrogen (secondary N) is 2. The Kier molecular flexibility index (Phi) is 9.80. The summed E-state index contributed by atoms with van der Waals surface area (Å²) in [6.45, 7) is 6.88. The van der Waals surface area contributed by atoms with Crippen molar-refractivity contribution in [1.82, 2.24) is 15.5 Å². The summed E-state index contributed by atoms with van der Waals surface area (Å²) < 4.78 is 11.2. The highest BCUT2D eigenvalue weighted by molar-refractivity contribution is 14.0. The number of rotatable bonds is 9. The van der Waals surface area contributed by atoms with E-state index in [9.17, 15) is 0 Å². The molecule has 2 atom stereocenters. The number of guanidine groups is 1. The molecule has 25 heavy (non-hydrogen) atoms. The summed E-state index contributed by atoms with van der Waals surface area (Å²) in [5.74, 6) is 1.68. The Bertz CT molecular complexity index is 401. The SMILES string of the molecule is CN=C(NCCCOCC1CCCO1)NCC1CCN(C2CC2)C1.I. The van der Waals surface area contributed by atoms with Gasteiger partial charge < -0.3 is 25.0 Å². The van der Waals surface area contributed by atoms with Gasteiger partial charge in [0.25, 0.3) is 0 Å². The molecule has 6 nitrogen and oxygen atoms in total. The van der Waals surface area contributed by atoms with Crippen LogP contribution in [0.15, 0.2) is 4.99 Å². The van der Waals surface area contributed by atoms with Crippen LogP contribution >= 0.6 is 24.0 Å². The molecule has 3 rings (SSSR count). The lowest BCUT2D eigenvalue weighted by atomic mass is 10.1. The van der Waals surface area contributed by atoms with Crippen molar-refractivity contribution in [2.75, 3.05) is 53.0 Å². The van der Waals surface area contributed by atoms with Gasteiger partial charge in [-0.2, -0.15) is 0 Å². The Morgan fingerprint density at radius 2 is 2.12 bits per heavy atom. The zero-order valence-electron chi connectivity index (χ0n) is 15.5. The Labute approximate surface area is 169 Å². The van der Waals surface area contributed by atoms with Gasteiger partial charge >= 0.3 is 0 Å². The molecule has 2 heterocycles. The molecule has 0 aromatic heterocycles. The second-order valence-electron chi connectivity index (χ2n) is 7.32. The fraction of sp³-hybridized carbons (Fsp3) is 0.944. The molecule has 2 unspecified atom stereocenters. The van der Waals surface area contributed by atoms with Gasteiger partial charge in [0.2, 0.25) is 0 Å². The van der Waals surface area contributed by atoms with Gasteiger partial charge in [-0.05, 0) is 51.0 Å². The molecule has 146 valence electrons. The van der Waals surface area contributed by atoms with Crippen LogP contribution in [0.1, 0.15) is 38.5 Å². The Hall–Kier alpha value is -0.120. The van der Waals surface area contributed by atoms with Crippen LogP contribution < -0.4 is 10.6 Å². The molecule has 0 spiro atoms. The van der Waals surface area contributed by atoms with Gasteiger partial charge in [-0.3, -0.25) is 4.99 Å². The number of aliphatic imine (C=N–C) groups is 1. The third kappa shape index (κ3) is 7.56. The number of hydrogen-bond acceptors (Lipinski definition) is 4. The van der Waals surface area contributed by atoms with E-state index in [0.717, 1.165) is 63.7 Å². The van der Waals surface area contributed by atoms with E-state index in [1.807, 2.05) is 7.05 Å². The van der Waals surface area contributed by atoms with E-state index in [2.05, 4.69) is 20.5 Å². The summed E-state index contributed by atoms with van der Waals surface area (Å²) in [6.07, 6.45) is 7.79. The molecule has 3 fully saturated rings. The molecule has 3 aliphatic rings. The third-order valence-corrected chi connectivity index (χ3v) is 5.25. The number of hydrogen-bond donors (Lipinski definition) is 2. The van der Waals surface area contributed by atoms with E-state index in [0.29, 0.717) is 6.10 Å². The van der Waals surface area contributed by atoms with Gasteiger partial charge in [-0.25, -0.2) is 0 Å². The smallest absolute Gasteiger partial charge is 0.190 e. The third-order valence-electron chi connectivity index (χ3n) is 5.25. The molecule has 7 heteroatoms. The van der Waals surface area contributed by atoms with Crippen molar-refractivity contribution in [3.8, 4) is 0 Å². The lowest BCUT2D eigenvalue weighted by Gasteiger charge is -2.17. The first kappa shape index (κ1) is 21.2. The van der Waals surface area contributed by atoms with Crippen molar-refractivity contribution in [3.05, 3.63) is 0 Å². The maximum Gasteiger partial charge on any atom is 0.190 e. The standard InChI is InChI=1S/C18H34N4O2.HI/c1-19-18(20-8-3-10-23-14-17-4-2-11-24-17)21-12-15-7-9-22(13-15)16-5-6-16;/h15-17H,2-14H2,1H3,(H2,19,20,21);1H. The highest BCUT2D eigenvalue weighted by atomic mass is 127. The first-order valence-electron chi connectivity index (χ1n) is 9.73. The Balaban J connectivity index is 0.00000225. The largest absolute Gasteiger partial charge is 0.379 e. The van der Waals surface area contributed by atoms with Crippen LogP contribution in [0.4, 0.5) is 0 Å². The highest BCUT2D eigenvalue weighted by Crippen LogP contribution is 2.31. The van der Waals surface area contributed by atoms with Gasteiger partial charge in [0.15, 0.2) is 5.96 Å². The summed E-state index contributed by atoms with van der Waals surface area (Å²) in [6, 6.07) is 0.905. The van der Waals surface area contributed by atoms with Gasteiger partial charge in [0.05, 0.1) is 12.7 Å². The molecule has 0 bridgehead atoms. The van der Waals surface area contributed by atoms with Crippen molar-refractivity contribution >= 4 is 29.9 Å². The van der Waals surface area contributed by atoms with Crippen molar-refractivity contribution in [2.24, 2.45) is 10.9 Å². The molecule has 2 aliphatic heterocycles. The van der Waals surface area contributed by atoms with E-state index in [1.165, 1.54) is 38.8 Å². The predicted molar refractivity (Wildman–Crippen MR) is 112 cm³/mol. The fourth-order valence-corrected chi connectivity index (χ4v) is 3.63. The van der Waals surface area contributed by atoms with Crippen molar-refractivity contribution in [2.45, 2.75) is 50.7 Å². The van der Waals surface area contributed by atoms with Crippen LogP contribution in [0.3, 0.4) is 0 Å². The average Bonchev–Trinajstić information content (AvgIpc) is 3.11. The molecule has 0 aromatic rings. The van der Waals surface area contributed by atoms with E-state index in [1.54, 1.807) is 0 Å². The molecule has 0 amide bonds. The van der Waals surface area contributed by atoms with E-state index >= 15 is 0 Å². The molecule has 0 aromatic carbocycles. The lowest BCUT2D eigenvalue weighted by Crippen LogP contribution is -2.41. The zero-order chi connectivity index (χ0) is 16.6. The highest BCUT2D eigenvalue weighted by Gasteiger charge is 2.34. The first-order valence-corrected chi connectivity index (χ1v) is 9.73. The summed E-state index contributed by atoms with van der Waals surface area (Å²) in [5, 5.41) is 6.86. The van der Waals surface area contributed by atoms with Crippen LogP contribution in [-0.2, 0) is 9.47 Å². The maximum atomic E-state index is 5.68. The van der Waals surface area contributed by atoms with Crippen molar-refractivity contribution < 1.29 is 9.47 Å². The van der Waals surface area contributed by atoms with E-state index in [-0.39, 0.29) is 24.0 Å². The van der Waals surface area contributed by atoms with Gasteiger partial charge in [0.1, 0.15) is 0 Å². The lowest BCUT2D eigenvalue weighted by molar-refractivity contribution is 0.0168. The predicted octanol–water partition coefficient (Wildman–Crippen LogP) is 1.84. The monoisotopic (exact) mass is 466 g/mol. The maximum absolute atomic E-state index is 5.68. The van der Waals surface area contributed by atoms with Crippen molar-refractivity contribution in [3.63, 3.8) is 0 Å². The molecule has 2 N–H and O–H groups in total. The minimum Gasteiger partial charge on any atom is -0.379 e. The van der Waals surface area contributed by atoms with Crippen molar-refractivity contribution in [1.29, 1.82) is 0 Å². The Morgan fingerprint density at radius 3 is 2.84 bits per heavy atom. The zero-order valence-corrected chi connectivity index (χ0v) is 17.9. The second-order valence-corrected chi connectivity index (χ2v) is 7.32. The fourth-order valence-electron chi connectivity index (χ4n) is 3.63. The minimum absolute atomic E-state index is 0. The number of ether oxygens (including phenoxy) is 2.